The molecule has 0 amide bonds. The molecule has 400 valence electrons. The minimum atomic E-state index is -0.444. The standard InChI is InChI=1S/C16H28O.2C16H27O.C15H24O.2ClH.2Mg/c3*1-10(17)12-8-7-9-13-14(12)16(5,6)11(2)15(13,3)4;1-10-14(2,3)12-8-6-7-11(9-16)13(12)15(10,4)5;;;;/h10-12,17H,7-9H2,1-6H3;2*10-12H,7-9H2,1-6H3;9-11H,6-8H2,1-5H3;2*1H;;/q;2*-1;;;;2*+2/p-2. The summed E-state index contributed by atoms with van der Waals surface area (Å²) in [4.78, 5) is 11.3. The molecule has 0 bridgehead atoms. The number of aliphatic hydroxyl groups is 1. The summed E-state index contributed by atoms with van der Waals surface area (Å²) >= 11 is 0. The Balaban J connectivity index is 0.000000465. The van der Waals surface area contributed by atoms with Crippen molar-refractivity contribution in [2.45, 2.75) is 255 Å². The summed E-state index contributed by atoms with van der Waals surface area (Å²) in [5.74, 6) is 3.75. The van der Waals surface area contributed by atoms with Crippen molar-refractivity contribution in [3.8, 4) is 0 Å². The molecule has 0 radical (unpaired) electrons. The monoisotopic (exact) mass is 1040 g/mol. The molecule has 8 aliphatic carbocycles. The van der Waals surface area contributed by atoms with Crippen LogP contribution in [0.3, 0.4) is 0 Å². The fraction of sp³-hybridized carbons (Fsp3) is 0.857. The summed E-state index contributed by atoms with van der Waals surface area (Å²) in [6, 6.07) is 0. The molecule has 0 aromatic heterocycles. The fourth-order valence-electron chi connectivity index (χ4n) is 17.3. The van der Waals surface area contributed by atoms with Gasteiger partial charge in [-0.25, -0.2) is 0 Å². The van der Waals surface area contributed by atoms with Crippen LogP contribution >= 0.6 is 0 Å². The van der Waals surface area contributed by atoms with E-state index in [1.165, 1.54) is 80.8 Å². The first-order chi connectivity index (χ1) is 30.4. The Kier molecular flexibility index (Phi) is 23.9. The topological polar surface area (TPSA) is 83.4 Å². The maximum atomic E-state index is 12.0. The van der Waals surface area contributed by atoms with E-state index >= 15 is 0 Å². The molecule has 0 spiro atoms. The van der Waals surface area contributed by atoms with E-state index in [2.05, 4.69) is 138 Å². The van der Waals surface area contributed by atoms with Crippen molar-refractivity contribution in [3.05, 3.63) is 44.6 Å². The molecule has 0 heterocycles. The Morgan fingerprint density at radius 3 is 0.901 bits per heavy atom. The Hall–Kier alpha value is 0.622. The van der Waals surface area contributed by atoms with E-state index in [0.717, 1.165) is 19.3 Å². The minimum absolute atomic E-state index is 0. The first kappa shape index (κ1) is 69.6. The molecule has 11 unspecified atom stereocenters. The first-order valence-electron chi connectivity index (χ1n) is 27.9. The van der Waals surface area contributed by atoms with E-state index in [4.69, 9.17) is 0 Å². The predicted molar refractivity (Wildman–Crippen MR) is 293 cm³/mol. The number of carbonyl (C=O) groups is 1. The van der Waals surface area contributed by atoms with Crippen LogP contribution in [0.25, 0.3) is 0 Å². The average Bonchev–Trinajstić information content (AvgIpc) is 3.63. The molecule has 0 aromatic rings. The molecule has 4 nitrogen and oxygen atoms in total. The zero-order valence-corrected chi connectivity index (χ0v) is 54.6. The van der Waals surface area contributed by atoms with Gasteiger partial charge >= 0.3 is 46.1 Å². The quantitative estimate of drug-likeness (QED) is 0.174. The van der Waals surface area contributed by atoms with Gasteiger partial charge in [0.15, 0.2) is 0 Å². The van der Waals surface area contributed by atoms with Gasteiger partial charge in [0.2, 0.25) is 0 Å². The van der Waals surface area contributed by atoms with Crippen LogP contribution in [0.1, 0.15) is 236 Å². The van der Waals surface area contributed by atoms with Crippen LogP contribution in [0.15, 0.2) is 44.6 Å². The van der Waals surface area contributed by atoms with Crippen LogP contribution in [0.5, 0.6) is 0 Å². The Morgan fingerprint density at radius 2 is 0.648 bits per heavy atom. The number of rotatable bonds is 4. The molecule has 8 rings (SSSR count). The second-order valence-electron chi connectivity index (χ2n) is 28.5. The van der Waals surface area contributed by atoms with Crippen LogP contribution in [0, 0.1) is 90.7 Å². The van der Waals surface area contributed by atoms with E-state index in [9.17, 15) is 20.1 Å². The summed E-state index contributed by atoms with van der Waals surface area (Å²) in [6.07, 6.45) is 14.3. The molecule has 0 saturated heterocycles. The van der Waals surface area contributed by atoms with Crippen LogP contribution in [-0.4, -0.2) is 75.8 Å². The number of hydrogen-bond acceptors (Lipinski definition) is 4. The van der Waals surface area contributed by atoms with Gasteiger partial charge in [0.05, 0.1) is 6.10 Å². The molecular weight excluding hydrogens is 940 g/mol. The molecule has 8 aliphatic rings. The van der Waals surface area contributed by atoms with E-state index in [1.807, 2.05) is 20.8 Å². The summed E-state index contributed by atoms with van der Waals surface area (Å²) in [6.45, 7) is 52.9. The number of carbonyl (C=O) groups excluding carboxylic acids is 1. The third kappa shape index (κ3) is 12.0. The normalized spacial score (nSPS) is 34.6. The largest absolute Gasteiger partial charge is 2.00 e. The van der Waals surface area contributed by atoms with Crippen molar-refractivity contribution in [1.82, 2.24) is 0 Å². The smallest absolute Gasteiger partial charge is 1.00 e. The third-order valence-electron chi connectivity index (χ3n) is 23.0. The van der Waals surface area contributed by atoms with Crippen molar-refractivity contribution in [3.63, 3.8) is 0 Å². The van der Waals surface area contributed by atoms with E-state index in [-0.39, 0.29) is 133 Å². The Labute approximate surface area is 483 Å². The zero-order valence-electron chi connectivity index (χ0n) is 50.3. The van der Waals surface area contributed by atoms with Gasteiger partial charge in [-0.3, -0.25) is 0 Å². The maximum Gasteiger partial charge on any atom is 2.00 e. The molecule has 71 heavy (non-hydrogen) atoms. The number of allylic oxidation sites excluding steroid dienone is 5. The molecule has 0 saturated carbocycles. The zero-order chi connectivity index (χ0) is 51.2. The van der Waals surface area contributed by atoms with Gasteiger partial charge in [0, 0.05) is 11.8 Å². The molecular formula is C63H106Cl2Mg2O4. The molecule has 8 heteroatoms. The molecule has 11 atom stereocenters. The molecule has 0 aliphatic heterocycles. The van der Waals surface area contributed by atoms with Crippen LogP contribution in [0.4, 0.5) is 0 Å². The first-order valence-corrected chi connectivity index (χ1v) is 27.9. The van der Waals surface area contributed by atoms with Crippen molar-refractivity contribution in [2.24, 2.45) is 90.7 Å². The number of aliphatic hydroxyl groups excluding tert-OH is 1. The summed E-state index contributed by atoms with van der Waals surface area (Å²) < 4.78 is 0. The van der Waals surface area contributed by atoms with Crippen LogP contribution in [-0.2, 0) is 4.79 Å². The van der Waals surface area contributed by atoms with Crippen LogP contribution < -0.4 is 35.0 Å². The third-order valence-corrected chi connectivity index (χ3v) is 23.0. The van der Waals surface area contributed by atoms with Gasteiger partial charge in [0.1, 0.15) is 6.29 Å². The maximum absolute atomic E-state index is 12.0. The fourth-order valence-corrected chi connectivity index (χ4v) is 17.3. The van der Waals surface area contributed by atoms with Gasteiger partial charge in [-0.2, -0.15) is 0 Å². The van der Waals surface area contributed by atoms with E-state index < -0.39 is 12.2 Å². The predicted octanol–water partition coefficient (Wildman–Crippen LogP) is 8.46. The van der Waals surface area contributed by atoms with Gasteiger partial charge in [-0.05, 0) is 163 Å². The van der Waals surface area contributed by atoms with Gasteiger partial charge in [0.25, 0.3) is 0 Å². The van der Waals surface area contributed by atoms with Gasteiger partial charge in [-0.15, -0.1) is 12.2 Å². The summed E-state index contributed by atoms with van der Waals surface area (Å²) in [5, 5.41) is 34.1. The molecule has 0 aromatic carbocycles. The van der Waals surface area contributed by atoms with E-state index in [1.54, 1.807) is 27.9 Å². The molecule has 0 fully saturated rings. The Morgan fingerprint density at radius 1 is 0.423 bits per heavy atom. The average molecular weight is 1050 g/mol. The second kappa shape index (κ2) is 24.3. The summed E-state index contributed by atoms with van der Waals surface area (Å²) in [7, 11) is 0. The van der Waals surface area contributed by atoms with E-state index in [0.29, 0.717) is 35.0 Å². The van der Waals surface area contributed by atoms with Crippen molar-refractivity contribution in [1.29, 1.82) is 0 Å². The van der Waals surface area contributed by atoms with Crippen molar-refractivity contribution >= 4 is 52.4 Å². The van der Waals surface area contributed by atoms with Gasteiger partial charge in [-0.1, -0.05) is 197 Å². The number of hydrogen-bond donors (Lipinski definition) is 1. The number of aldehydes is 1. The van der Waals surface area contributed by atoms with Crippen LogP contribution in [0.2, 0.25) is 0 Å². The summed E-state index contributed by atoms with van der Waals surface area (Å²) in [5.41, 5.74) is 14.7. The van der Waals surface area contributed by atoms with Crippen molar-refractivity contribution in [2.75, 3.05) is 0 Å². The minimum Gasteiger partial charge on any atom is -1.00 e. The van der Waals surface area contributed by atoms with Gasteiger partial charge < -0.3 is 44.9 Å². The Bertz CT molecular complexity index is 1810. The number of halogens is 2. The molecule has 1 N–H and O–H groups in total. The second-order valence-corrected chi connectivity index (χ2v) is 28.5. The SMILES string of the molecule is CC(O)C1CCCC2=C1C(C)(C)C(C)C2(C)C.CC([O-])C1CCCC2=C1C(C)(C)C(C)C2(C)C.CC([O-])C1CCCC2=C1C(C)(C)C(C)C2(C)C.CC1C(C)(C)C2=C(C(C=O)CCC2)C1(C)C.[Cl-].[Cl-].[Mg+2].[Mg+2]. The van der Waals surface area contributed by atoms with Crippen molar-refractivity contribution < 1.29 is 44.9 Å².